The lowest BCUT2D eigenvalue weighted by atomic mass is 10.1. The summed E-state index contributed by atoms with van der Waals surface area (Å²) in [6.45, 7) is -0.542. The minimum Gasteiger partial charge on any atom is -0.394 e. The topological polar surface area (TPSA) is 102 Å². The van der Waals surface area contributed by atoms with E-state index in [0.717, 1.165) is 4.47 Å². The van der Waals surface area contributed by atoms with Crippen LogP contribution in [0.1, 0.15) is 0 Å². The number of benzene rings is 1. The fourth-order valence-corrected chi connectivity index (χ4v) is 2.22. The lowest BCUT2D eigenvalue weighted by molar-refractivity contribution is -0.0774. The number of hydrogen-bond donors (Lipinski definition) is 5. The number of aliphatic hydroxyl groups is 4. The van der Waals surface area contributed by atoms with Crippen molar-refractivity contribution in [1.82, 2.24) is 0 Å². The highest BCUT2D eigenvalue weighted by molar-refractivity contribution is 9.10. The second-order valence-corrected chi connectivity index (χ2v) is 5.32. The first-order valence-corrected chi connectivity index (χ1v) is 6.65. The molecule has 0 saturated carbocycles. The fraction of sp³-hybridized carbons (Fsp3) is 0.500. The molecule has 0 amide bonds. The van der Waals surface area contributed by atoms with Gasteiger partial charge in [-0.2, -0.15) is 0 Å². The molecule has 1 heterocycles. The minimum absolute atomic E-state index is 0.542. The minimum atomic E-state index is -1.25. The molecular formula is C12H16BrNO5. The Morgan fingerprint density at radius 3 is 2.42 bits per heavy atom. The molecule has 5 atom stereocenters. The van der Waals surface area contributed by atoms with Crippen LogP contribution in [0.5, 0.6) is 0 Å². The van der Waals surface area contributed by atoms with E-state index in [-0.39, 0.29) is 0 Å². The molecule has 0 spiro atoms. The van der Waals surface area contributed by atoms with E-state index in [9.17, 15) is 15.3 Å². The van der Waals surface area contributed by atoms with Crippen molar-refractivity contribution in [3.63, 3.8) is 0 Å². The van der Waals surface area contributed by atoms with Crippen molar-refractivity contribution in [1.29, 1.82) is 0 Å². The number of anilines is 1. The van der Waals surface area contributed by atoms with Crippen LogP contribution in [0.3, 0.4) is 0 Å². The first kappa shape index (κ1) is 14.7. The Kier molecular flexibility index (Phi) is 4.77. The largest absolute Gasteiger partial charge is 0.394 e. The Morgan fingerprint density at radius 1 is 1.21 bits per heavy atom. The van der Waals surface area contributed by atoms with Gasteiger partial charge in [0.1, 0.15) is 24.4 Å². The molecule has 1 aliphatic rings. The average Bonchev–Trinajstić information content (AvgIpc) is 2.69. The quantitative estimate of drug-likeness (QED) is 0.516. The van der Waals surface area contributed by atoms with Gasteiger partial charge >= 0.3 is 0 Å². The highest BCUT2D eigenvalue weighted by atomic mass is 79.9. The molecule has 106 valence electrons. The van der Waals surface area contributed by atoms with Gasteiger partial charge in [0.05, 0.1) is 6.61 Å². The fourth-order valence-electron chi connectivity index (χ4n) is 1.96. The molecule has 5 N–H and O–H groups in total. The number of hydrogen-bond acceptors (Lipinski definition) is 6. The summed E-state index contributed by atoms with van der Waals surface area (Å²) < 4.78 is 6.26. The predicted molar refractivity (Wildman–Crippen MR) is 71.5 cm³/mol. The maximum atomic E-state index is 9.85. The van der Waals surface area contributed by atoms with Crippen molar-refractivity contribution in [2.24, 2.45) is 0 Å². The second kappa shape index (κ2) is 6.17. The summed E-state index contributed by atoms with van der Waals surface area (Å²) in [7, 11) is 0. The normalized spacial score (nSPS) is 32.3. The molecule has 0 bridgehead atoms. The van der Waals surface area contributed by atoms with Crippen molar-refractivity contribution in [3.05, 3.63) is 28.7 Å². The first-order valence-electron chi connectivity index (χ1n) is 5.85. The standard InChI is InChI=1S/C12H16BrNO5/c13-6-1-3-7(4-2-6)14-12-10(18)9(17)11(19-12)8(16)5-15/h1-4,8-12,14-18H,5H2/t8-,9-,10-,11-,12-/m1/s1. The zero-order chi connectivity index (χ0) is 14.0. The number of rotatable bonds is 4. The maximum Gasteiger partial charge on any atom is 0.157 e. The van der Waals surface area contributed by atoms with Gasteiger partial charge in [0.25, 0.3) is 0 Å². The Hall–Kier alpha value is -0.700. The van der Waals surface area contributed by atoms with Crippen molar-refractivity contribution < 1.29 is 25.2 Å². The number of halogens is 1. The first-order chi connectivity index (χ1) is 9.02. The second-order valence-electron chi connectivity index (χ2n) is 4.40. The molecule has 1 aliphatic heterocycles. The zero-order valence-electron chi connectivity index (χ0n) is 9.98. The van der Waals surface area contributed by atoms with E-state index in [0.29, 0.717) is 5.69 Å². The van der Waals surface area contributed by atoms with Crippen LogP contribution in [-0.2, 0) is 4.74 Å². The smallest absolute Gasteiger partial charge is 0.157 e. The third kappa shape index (κ3) is 3.25. The molecule has 0 unspecified atom stereocenters. The van der Waals surface area contributed by atoms with Crippen LogP contribution in [0, 0.1) is 0 Å². The van der Waals surface area contributed by atoms with Crippen LogP contribution in [0.15, 0.2) is 28.7 Å². The molecule has 19 heavy (non-hydrogen) atoms. The summed E-state index contributed by atoms with van der Waals surface area (Å²) >= 11 is 3.31. The van der Waals surface area contributed by atoms with Crippen molar-refractivity contribution in [2.75, 3.05) is 11.9 Å². The van der Waals surface area contributed by atoms with E-state index in [4.69, 9.17) is 9.84 Å². The molecule has 6 nitrogen and oxygen atoms in total. The molecule has 1 saturated heterocycles. The average molecular weight is 334 g/mol. The zero-order valence-corrected chi connectivity index (χ0v) is 11.6. The van der Waals surface area contributed by atoms with Gasteiger partial charge < -0.3 is 30.5 Å². The van der Waals surface area contributed by atoms with Crippen LogP contribution >= 0.6 is 15.9 Å². The summed E-state index contributed by atoms with van der Waals surface area (Å²) in [5.74, 6) is 0. The van der Waals surface area contributed by atoms with Crippen molar-refractivity contribution in [3.8, 4) is 0 Å². The Morgan fingerprint density at radius 2 is 1.84 bits per heavy atom. The predicted octanol–water partition coefficient (Wildman–Crippen LogP) is -0.339. The van der Waals surface area contributed by atoms with Crippen LogP contribution in [-0.4, -0.2) is 57.7 Å². The highest BCUT2D eigenvalue weighted by Gasteiger charge is 2.45. The molecular weight excluding hydrogens is 318 g/mol. The number of nitrogens with one attached hydrogen (secondary N) is 1. The van der Waals surface area contributed by atoms with E-state index in [1.54, 1.807) is 12.1 Å². The van der Waals surface area contributed by atoms with Gasteiger partial charge in [-0.1, -0.05) is 15.9 Å². The van der Waals surface area contributed by atoms with E-state index >= 15 is 0 Å². The van der Waals surface area contributed by atoms with E-state index in [2.05, 4.69) is 21.2 Å². The monoisotopic (exact) mass is 333 g/mol. The Balaban J connectivity index is 2.03. The van der Waals surface area contributed by atoms with Gasteiger partial charge in [-0.15, -0.1) is 0 Å². The molecule has 2 rings (SSSR count). The molecule has 1 aromatic carbocycles. The van der Waals surface area contributed by atoms with Gasteiger partial charge in [0.2, 0.25) is 0 Å². The van der Waals surface area contributed by atoms with E-state index < -0.39 is 37.3 Å². The maximum absolute atomic E-state index is 9.85. The molecule has 1 fully saturated rings. The lowest BCUT2D eigenvalue weighted by Crippen LogP contribution is -2.40. The van der Waals surface area contributed by atoms with Gasteiger partial charge in [-0.25, -0.2) is 0 Å². The summed E-state index contributed by atoms with van der Waals surface area (Å²) in [5.41, 5.74) is 0.707. The summed E-state index contributed by atoms with van der Waals surface area (Å²) in [4.78, 5) is 0. The molecule has 0 radical (unpaired) electrons. The van der Waals surface area contributed by atoms with Gasteiger partial charge in [0.15, 0.2) is 6.23 Å². The van der Waals surface area contributed by atoms with Crippen LogP contribution < -0.4 is 5.32 Å². The molecule has 0 aliphatic carbocycles. The molecule has 0 aromatic heterocycles. The van der Waals surface area contributed by atoms with E-state index in [1.165, 1.54) is 0 Å². The highest BCUT2D eigenvalue weighted by Crippen LogP contribution is 2.25. The van der Waals surface area contributed by atoms with Crippen LogP contribution in [0.2, 0.25) is 0 Å². The number of aliphatic hydroxyl groups excluding tert-OH is 4. The molecule has 7 heteroatoms. The third-order valence-electron chi connectivity index (χ3n) is 3.02. The third-order valence-corrected chi connectivity index (χ3v) is 3.55. The van der Waals surface area contributed by atoms with Crippen LogP contribution in [0.25, 0.3) is 0 Å². The lowest BCUT2D eigenvalue weighted by Gasteiger charge is -2.19. The van der Waals surface area contributed by atoms with Crippen LogP contribution in [0.4, 0.5) is 5.69 Å². The van der Waals surface area contributed by atoms with E-state index in [1.807, 2.05) is 12.1 Å². The summed E-state index contributed by atoms with van der Waals surface area (Å²) in [5, 5.41) is 40.9. The number of ether oxygens (including phenoxy) is 1. The van der Waals surface area contributed by atoms with Gasteiger partial charge in [0, 0.05) is 10.2 Å². The van der Waals surface area contributed by atoms with Gasteiger partial charge in [-0.3, -0.25) is 0 Å². The van der Waals surface area contributed by atoms with Crippen molar-refractivity contribution >= 4 is 21.6 Å². The Labute approximate surface area is 118 Å². The van der Waals surface area contributed by atoms with Crippen molar-refractivity contribution in [2.45, 2.75) is 30.6 Å². The molecule has 1 aromatic rings. The SMILES string of the molecule is OC[C@@H](O)[C@H]1O[C@@H](Nc2ccc(Br)cc2)[C@H](O)[C@H]1O. The Bertz CT molecular complexity index is 415. The summed E-state index contributed by atoms with van der Waals surface area (Å²) in [6.07, 6.45) is -5.54. The summed E-state index contributed by atoms with van der Waals surface area (Å²) in [6, 6.07) is 7.20. The van der Waals surface area contributed by atoms with Gasteiger partial charge in [-0.05, 0) is 24.3 Å².